The van der Waals surface area contributed by atoms with Crippen molar-refractivity contribution < 1.29 is 0 Å². The highest BCUT2D eigenvalue weighted by molar-refractivity contribution is 8.00. The van der Waals surface area contributed by atoms with Gasteiger partial charge in [-0.05, 0) is 53.4 Å². The zero-order chi connectivity index (χ0) is 25.2. The van der Waals surface area contributed by atoms with Crippen molar-refractivity contribution in [3.8, 4) is 11.1 Å². The Bertz CT molecular complexity index is 1540. The van der Waals surface area contributed by atoms with Crippen molar-refractivity contribution in [2.75, 3.05) is 4.90 Å². The van der Waals surface area contributed by atoms with Crippen LogP contribution in [0, 0.1) is 0 Å². The van der Waals surface area contributed by atoms with Crippen molar-refractivity contribution in [3.05, 3.63) is 151 Å². The average Bonchev–Trinajstić information content (AvgIpc) is 3.35. The van der Waals surface area contributed by atoms with Crippen LogP contribution in [0.25, 0.3) is 22.9 Å². The summed E-state index contributed by atoms with van der Waals surface area (Å²) in [5.74, 6) is 0.457. The molecule has 0 radical (unpaired) electrons. The minimum Gasteiger partial charge on any atom is -0.310 e. The highest BCUT2D eigenvalue weighted by Gasteiger charge is 2.32. The fraction of sp³-hybridized carbons (Fsp3) is 0.0857. The Morgan fingerprint density at radius 3 is 2.41 bits per heavy atom. The Hall–Kier alpha value is -4.01. The smallest absolute Gasteiger partial charge is 0.0497 e. The Kier molecular flexibility index (Phi) is 6.42. The molecule has 1 aliphatic heterocycles. The Morgan fingerprint density at radius 1 is 0.811 bits per heavy atom. The van der Waals surface area contributed by atoms with Gasteiger partial charge in [0.15, 0.2) is 0 Å². The largest absolute Gasteiger partial charge is 0.310 e. The maximum atomic E-state index is 4.07. The predicted octanol–water partition coefficient (Wildman–Crippen LogP) is 9.88. The molecule has 0 N–H and O–H groups in total. The Morgan fingerprint density at radius 2 is 1.57 bits per heavy atom. The molecule has 0 fully saturated rings. The van der Waals surface area contributed by atoms with Gasteiger partial charge in [0.05, 0.1) is 0 Å². The van der Waals surface area contributed by atoms with Crippen LogP contribution in [0.1, 0.15) is 29.5 Å². The molecule has 0 spiro atoms. The molecule has 4 aromatic carbocycles. The highest BCUT2D eigenvalue weighted by Crippen LogP contribution is 2.52. The SMILES string of the molecule is C=Cc1ccccc1/C(=C\C)N(c1ccccc1)c1cccc(-c2cccc3c2SC2C=CC=CC32)c1. The van der Waals surface area contributed by atoms with E-state index in [0.717, 1.165) is 28.2 Å². The topological polar surface area (TPSA) is 3.24 Å². The van der Waals surface area contributed by atoms with Gasteiger partial charge in [-0.1, -0.05) is 116 Å². The van der Waals surface area contributed by atoms with Crippen LogP contribution in [0.5, 0.6) is 0 Å². The highest BCUT2D eigenvalue weighted by atomic mass is 32.2. The summed E-state index contributed by atoms with van der Waals surface area (Å²) in [6.07, 6.45) is 13.2. The first-order valence-electron chi connectivity index (χ1n) is 12.8. The molecule has 4 aromatic rings. The van der Waals surface area contributed by atoms with Crippen LogP contribution in [0.4, 0.5) is 11.4 Å². The zero-order valence-electron chi connectivity index (χ0n) is 20.9. The van der Waals surface area contributed by atoms with Crippen molar-refractivity contribution in [1.82, 2.24) is 0 Å². The lowest BCUT2D eigenvalue weighted by atomic mass is 9.90. The van der Waals surface area contributed by atoms with E-state index in [9.17, 15) is 0 Å². The van der Waals surface area contributed by atoms with Crippen LogP contribution in [0.2, 0.25) is 0 Å². The maximum absolute atomic E-state index is 4.07. The third kappa shape index (κ3) is 4.28. The van der Waals surface area contributed by atoms with Crippen LogP contribution < -0.4 is 4.90 Å². The molecule has 2 unspecified atom stereocenters. The van der Waals surface area contributed by atoms with Gasteiger partial charge in [-0.25, -0.2) is 0 Å². The van der Waals surface area contributed by atoms with Crippen molar-refractivity contribution in [1.29, 1.82) is 0 Å². The first kappa shape index (κ1) is 23.4. The standard InChI is InChI=1S/C35H29NS/c1-3-25-14-8-9-19-29(25)33(4-2)36(27-16-6-5-7-17-27)28-18-12-15-26(24-28)30-21-13-22-32-31-20-10-11-23-34(31)37-35(30)32/h3-24,31,34H,1H2,2H3/b33-4+. The van der Waals surface area contributed by atoms with E-state index in [0.29, 0.717) is 11.2 Å². The molecule has 2 heteroatoms. The summed E-state index contributed by atoms with van der Waals surface area (Å²) >= 11 is 1.99. The lowest BCUT2D eigenvalue weighted by molar-refractivity contribution is 0.881. The van der Waals surface area contributed by atoms with E-state index >= 15 is 0 Å². The Labute approximate surface area is 224 Å². The van der Waals surface area contributed by atoms with Crippen LogP contribution in [-0.4, -0.2) is 5.25 Å². The number of rotatable bonds is 6. The molecule has 0 saturated heterocycles. The normalized spacial score (nSPS) is 17.8. The second-order valence-corrected chi connectivity index (χ2v) is 10.5. The van der Waals surface area contributed by atoms with Crippen LogP contribution in [0.15, 0.2) is 139 Å². The molecular formula is C35H29NS. The van der Waals surface area contributed by atoms with Gasteiger partial charge in [0.25, 0.3) is 0 Å². The van der Waals surface area contributed by atoms with E-state index in [4.69, 9.17) is 0 Å². The molecular weight excluding hydrogens is 466 g/mol. The van der Waals surface area contributed by atoms with Crippen molar-refractivity contribution in [2.24, 2.45) is 0 Å². The van der Waals surface area contributed by atoms with Crippen LogP contribution >= 0.6 is 11.8 Å². The fourth-order valence-corrected chi connectivity index (χ4v) is 6.90. The van der Waals surface area contributed by atoms with E-state index in [1.54, 1.807) is 0 Å². The maximum Gasteiger partial charge on any atom is 0.0497 e. The summed E-state index contributed by atoms with van der Waals surface area (Å²) in [5.41, 5.74) is 9.65. The number of anilines is 2. The monoisotopic (exact) mass is 495 g/mol. The van der Waals surface area contributed by atoms with Gasteiger partial charge in [-0.15, -0.1) is 11.8 Å². The van der Waals surface area contributed by atoms with E-state index in [2.05, 4.69) is 146 Å². The van der Waals surface area contributed by atoms with E-state index in [-0.39, 0.29) is 0 Å². The third-order valence-corrected chi connectivity index (χ3v) is 8.56. The lowest BCUT2D eigenvalue weighted by Crippen LogP contribution is -2.16. The summed E-state index contributed by atoms with van der Waals surface area (Å²) in [6, 6.07) is 34.8. The fourth-order valence-electron chi connectivity index (χ4n) is 5.42. The van der Waals surface area contributed by atoms with Gasteiger partial charge >= 0.3 is 0 Å². The van der Waals surface area contributed by atoms with E-state index in [1.165, 1.54) is 21.6 Å². The summed E-state index contributed by atoms with van der Waals surface area (Å²) in [7, 11) is 0. The molecule has 2 aliphatic rings. The number of fused-ring (bicyclic) bond motifs is 3. The first-order valence-corrected chi connectivity index (χ1v) is 13.6. The molecule has 2 atom stereocenters. The number of para-hydroxylation sites is 1. The van der Waals surface area contributed by atoms with Crippen LogP contribution in [0.3, 0.4) is 0 Å². The quantitative estimate of drug-likeness (QED) is 0.262. The number of hydrogen-bond acceptors (Lipinski definition) is 2. The minimum atomic E-state index is 0.457. The second kappa shape index (κ2) is 10.2. The number of hydrogen-bond donors (Lipinski definition) is 0. The number of benzene rings is 4. The van der Waals surface area contributed by atoms with Crippen molar-refractivity contribution in [3.63, 3.8) is 0 Å². The lowest BCUT2D eigenvalue weighted by Gasteiger charge is -2.29. The molecule has 0 aromatic heterocycles. The number of nitrogens with zero attached hydrogens (tertiary/aromatic N) is 1. The summed E-state index contributed by atoms with van der Waals surface area (Å²) in [4.78, 5) is 3.76. The minimum absolute atomic E-state index is 0.457. The molecule has 6 rings (SSSR count). The van der Waals surface area contributed by atoms with Gasteiger partial charge in [-0.2, -0.15) is 0 Å². The third-order valence-electron chi connectivity index (χ3n) is 7.14. The molecule has 1 aliphatic carbocycles. The van der Waals surface area contributed by atoms with Gasteiger partial charge in [0, 0.05) is 38.7 Å². The summed E-state index contributed by atoms with van der Waals surface area (Å²) in [5, 5.41) is 0.482. The molecule has 37 heavy (non-hydrogen) atoms. The van der Waals surface area contributed by atoms with Crippen molar-refractivity contribution in [2.45, 2.75) is 23.0 Å². The Balaban J connectivity index is 1.48. The summed E-state index contributed by atoms with van der Waals surface area (Å²) < 4.78 is 0. The molecule has 0 amide bonds. The zero-order valence-corrected chi connectivity index (χ0v) is 21.7. The van der Waals surface area contributed by atoms with Gasteiger partial charge < -0.3 is 4.90 Å². The molecule has 1 heterocycles. The summed E-state index contributed by atoms with van der Waals surface area (Å²) in [6.45, 7) is 6.18. The van der Waals surface area contributed by atoms with Crippen molar-refractivity contribution >= 4 is 34.9 Å². The van der Waals surface area contributed by atoms with Gasteiger partial charge in [-0.3, -0.25) is 0 Å². The predicted molar refractivity (Wildman–Crippen MR) is 161 cm³/mol. The van der Waals surface area contributed by atoms with E-state index in [1.807, 2.05) is 17.8 Å². The number of thioether (sulfide) groups is 1. The second-order valence-electron chi connectivity index (χ2n) is 9.29. The van der Waals surface area contributed by atoms with E-state index < -0.39 is 0 Å². The molecule has 0 saturated carbocycles. The van der Waals surface area contributed by atoms with Gasteiger partial charge in [0.1, 0.15) is 0 Å². The molecule has 0 bridgehead atoms. The molecule has 1 nitrogen and oxygen atoms in total. The van der Waals surface area contributed by atoms with Crippen LogP contribution in [-0.2, 0) is 0 Å². The van der Waals surface area contributed by atoms with Gasteiger partial charge in [0.2, 0.25) is 0 Å². The number of allylic oxidation sites excluding steroid dienone is 4. The molecule has 180 valence electrons. The first-order chi connectivity index (χ1) is 18.3. The average molecular weight is 496 g/mol.